The zero-order valence-corrected chi connectivity index (χ0v) is 14.8. The molecule has 0 atom stereocenters. The fourth-order valence-corrected chi connectivity index (χ4v) is 2.68. The third-order valence-corrected chi connectivity index (χ3v) is 4.06. The summed E-state index contributed by atoms with van der Waals surface area (Å²) in [4.78, 5) is 23.5. The smallest absolute Gasteiger partial charge is 0.338 e. The third kappa shape index (κ3) is 3.94. The first-order valence-corrected chi connectivity index (χ1v) is 8.56. The molecule has 0 spiro atoms. The van der Waals surface area contributed by atoms with Crippen LogP contribution in [0.3, 0.4) is 0 Å². The van der Waals surface area contributed by atoms with Crippen molar-refractivity contribution in [2.75, 3.05) is 6.61 Å². The molecule has 0 aliphatic rings. The molecular formula is C21H20O5. The molecule has 3 aromatic rings. The van der Waals surface area contributed by atoms with E-state index in [-0.39, 0.29) is 12.6 Å². The van der Waals surface area contributed by atoms with E-state index in [0.717, 1.165) is 22.9 Å². The minimum Gasteiger partial charge on any atom is -0.489 e. The van der Waals surface area contributed by atoms with E-state index in [9.17, 15) is 9.59 Å². The van der Waals surface area contributed by atoms with Crippen molar-refractivity contribution in [2.45, 2.75) is 26.9 Å². The van der Waals surface area contributed by atoms with Crippen molar-refractivity contribution in [1.82, 2.24) is 0 Å². The van der Waals surface area contributed by atoms with Crippen LogP contribution in [0.1, 0.15) is 35.3 Å². The average molecular weight is 352 g/mol. The number of carbonyl (C=O) groups is 1. The van der Waals surface area contributed by atoms with Crippen LogP contribution in [-0.2, 0) is 17.8 Å². The van der Waals surface area contributed by atoms with Crippen LogP contribution in [0.2, 0.25) is 0 Å². The van der Waals surface area contributed by atoms with Gasteiger partial charge >= 0.3 is 11.6 Å². The van der Waals surface area contributed by atoms with E-state index in [1.807, 2.05) is 25.1 Å². The van der Waals surface area contributed by atoms with Gasteiger partial charge in [0.2, 0.25) is 0 Å². The molecule has 0 fully saturated rings. The zero-order chi connectivity index (χ0) is 18.5. The van der Waals surface area contributed by atoms with Gasteiger partial charge in [0.05, 0.1) is 12.2 Å². The standard InChI is InChI=1S/C21H20O5/c1-3-14-5-10-18-16(12-20(22)26-19(18)11-14)13-25-17-8-6-15(7-9-17)21(23)24-4-2/h5-12H,3-4,13H2,1-2H3. The predicted octanol–water partition coefficient (Wildman–Crippen LogP) is 4.11. The summed E-state index contributed by atoms with van der Waals surface area (Å²) in [6, 6.07) is 14.0. The molecule has 5 heteroatoms. The van der Waals surface area contributed by atoms with Gasteiger partial charge in [-0.2, -0.15) is 0 Å². The Morgan fingerprint density at radius 3 is 2.50 bits per heavy atom. The number of esters is 1. The van der Waals surface area contributed by atoms with Crippen LogP contribution < -0.4 is 10.4 Å². The molecule has 0 aliphatic heterocycles. The summed E-state index contributed by atoms with van der Waals surface area (Å²) in [5.74, 6) is 0.238. The highest BCUT2D eigenvalue weighted by molar-refractivity contribution is 5.89. The molecule has 0 radical (unpaired) electrons. The van der Waals surface area contributed by atoms with Crippen LogP contribution in [0.15, 0.2) is 57.7 Å². The molecule has 26 heavy (non-hydrogen) atoms. The van der Waals surface area contributed by atoms with E-state index in [1.165, 1.54) is 6.07 Å². The summed E-state index contributed by atoms with van der Waals surface area (Å²) in [6.45, 7) is 4.37. The van der Waals surface area contributed by atoms with E-state index in [0.29, 0.717) is 23.5 Å². The van der Waals surface area contributed by atoms with Gasteiger partial charge in [-0.1, -0.05) is 19.1 Å². The van der Waals surface area contributed by atoms with Gasteiger partial charge in [0.25, 0.3) is 0 Å². The van der Waals surface area contributed by atoms with E-state index < -0.39 is 5.63 Å². The Hall–Kier alpha value is -3.08. The van der Waals surface area contributed by atoms with E-state index in [2.05, 4.69) is 0 Å². The normalized spacial score (nSPS) is 10.7. The predicted molar refractivity (Wildman–Crippen MR) is 98.6 cm³/mol. The maximum atomic E-state index is 11.8. The lowest BCUT2D eigenvalue weighted by molar-refractivity contribution is 0.0526. The molecular weight excluding hydrogens is 332 g/mol. The summed E-state index contributed by atoms with van der Waals surface area (Å²) in [6.07, 6.45) is 0.868. The molecule has 0 bridgehead atoms. The second-order valence-electron chi connectivity index (χ2n) is 5.81. The summed E-state index contributed by atoms with van der Waals surface area (Å²) in [5, 5.41) is 0.852. The molecule has 1 aromatic heterocycles. The minimum absolute atomic E-state index is 0.228. The largest absolute Gasteiger partial charge is 0.489 e. The minimum atomic E-state index is -0.401. The number of hydrogen-bond donors (Lipinski definition) is 0. The molecule has 134 valence electrons. The van der Waals surface area contributed by atoms with Crippen LogP contribution in [0, 0.1) is 0 Å². The van der Waals surface area contributed by atoms with Crippen molar-refractivity contribution in [2.24, 2.45) is 0 Å². The Kier molecular flexibility index (Phi) is 5.37. The summed E-state index contributed by atoms with van der Waals surface area (Å²) in [5.41, 5.74) is 2.49. The van der Waals surface area contributed by atoms with Crippen LogP contribution in [0.25, 0.3) is 11.0 Å². The molecule has 0 amide bonds. The highest BCUT2D eigenvalue weighted by Gasteiger charge is 2.09. The van der Waals surface area contributed by atoms with Crippen molar-refractivity contribution in [3.05, 3.63) is 75.6 Å². The monoisotopic (exact) mass is 352 g/mol. The van der Waals surface area contributed by atoms with Crippen molar-refractivity contribution in [3.63, 3.8) is 0 Å². The SMILES string of the molecule is CCOC(=O)c1ccc(OCc2cc(=O)oc3cc(CC)ccc23)cc1. The molecule has 0 unspecified atom stereocenters. The average Bonchev–Trinajstić information content (AvgIpc) is 2.66. The Labute approximate surface area is 151 Å². The van der Waals surface area contributed by atoms with Crippen LogP contribution in [-0.4, -0.2) is 12.6 Å². The number of hydrogen-bond acceptors (Lipinski definition) is 5. The van der Waals surface area contributed by atoms with Gasteiger partial charge in [0, 0.05) is 17.0 Å². The number of carbonyl (C=O) groups excluding carboxylic acids is 1. The number of aryl methyl sites for hydroxylation is 1. The lowest BCUT2D eigenvalue weighted by Crippen LogP contribution is -2.05. The van der Waals surface area contributed by atoms with Crippen LogP contribution in [0.4, 0.5) is 0 Å². The molecule has 0 saturated heterocycles. The number of fused-ring (bicyclic) bond motifs is 1. The zero-order valence-electron chi connectivity index (χ0n) is 14.8. The summed E-state index contributed by atoms with van der Waals surface area (Å²) >= 11 is 0. The second-order valence-corrected chi connectivity index (χ2v) is 5.81. The fraction of sp³-hybridized carbons (Fsp3) is 0.238. The molecule has 0 N–H and O–H groups in total. The highest BCUT2D eigenvalue weighted by Crippen LogP contribution is 2.21. The van der Waals surface area contributed by atoms with Crippen molar-refractivity contribution < 1.29 is 18.7 Å². The first-order chi connectivity index (χ1) is 12.6. The Balaban J connectivity index is 1.79. The van der Waals surface area contributed by atoms with Gasteiger partial charge in [0.1, 0.15) is 17.9 Å². The van der Waals surface area contributed by atoms with Gasteiger partial charge in [0.15, 0.2) is 0 Å². The van der Waals surface area contributed by atoms with Gasteiger partial charge < -0.3 is 13.9 Å². The molecule has 2 aromatic carbocycles. The highest BCUT2D eigenvalue weighted by atomic mass is 16.5. The molecule has 3 rings (SSSR count). The quantitative estimate of drug-likeness (QED) is 0.493. The molecule has 0 saturated carbocycles. The topological polar surface area (TPSA) is 65.7 Å². The number of benzene rings is 2. The van der Waals surface area contributed by atoms with Crippen LogP contribution >= 0.6 is 0 Å². The van der Waals surface area contributed by atoms with Crippen LogP contribution in [0.5, 0.6) is 5.75 Å². The first-order valence-electron chi connectivity index (χ1n) is 8.56. The number of ether oxygens (including phenoxy) is 2. The third-order valence-electron chi connectivity index (χ3n) is 4.06. The van der Waals surface area contributed by atoms with Crippen molar-refractivity contribution >= 4 is 16.9 Å². The summed E-state index contributed by atoms with van der Waals surface area (Å²) in [7, 11) is 0. The van der Waals surface area contributed by atoms with Gasteiger partial charge in [-0.15, -0.1) is 0 Å². The van der Waals surface area contributed by atoms with Gasteiger partial charge in [-0.3, -0.25) is 0 Å². The van der Waals surface area contributed by atoms with Crippen molar-refractivity contribution in [1.29, 1.82) is 0 Å². The molecule has 5 nitrogen and oxygen atoms in total. The lowest BCUT2D eigenvalue weighted by Gasteiger charge is -2.09. The molecule has 0 aliphatic carbocycles. The summed E-state index contributed by atoms with van der Waals surface area (Å²) < 4.78 is 16.0. The molecule has 1 heterocycles. The Bertz CT molecular complexity index is 970. The van der Waals surface area contributed by atoms with E-state index >= 15 is 0 Å². The number of rotatable bonds is 6. The maximum absolute atomic E-state index is 11.8. The lowest BCUT2D eigenvalue weighted by atomic mass is 10.1. The van der Waals surface area contributed by atoms with E-state index in [4.69, 9.17) is 13.9 Å². The van der Waals surface area contributed by atoms with Gasteiger partial charge in [-0.25, -0.2) is 9.59 Å². The Morgan fingerprint density at radius 1 is 1.04 bits per heavy atom. The van der Waals surface area contributed by atoms with Gasteiger partial charge in [-0.05, 0) is 49.2 Å². The fourth-order valence-electron chi connectivity index (χ4n) is 2.68. The maximum Gasteiger partial charge on any atom is 0.338 e. The van der Waals surface area contributed by atoms with E-state index in [1.54, 1.807) is 31.2 Å². The second kappa shape index (κ2) is 7.87. The first kappa shape index (κ1) is 17.7. The Morgan fingerprint density at radius 2 is 1.81 bits per heavy atom. The van der Waals surface area contributed by atoms with Crippen molar-refractivity contribution in [3.8, 4) is 5.75 Å².